The number of benzene rings is 1. The maximum absolute atomic E-state index is 10.6. The normalized spacial score (nSPS) is 12.1. The van der Waals surface area contributed by atoms with E-state index in [0.29, 0.717) is 0 Å². The van der Waals surface area contributed by atoms with Crippen LogP contribution in [-0.4, -0.2) is 9.79 Å². The van der Waals surface area contributed by atoms with Gasteiger partial charge in [0.1, 0.15) is 0 Å². The highest BCUT2D eigenvalue weighted by atomic mass is 31.2. The van der Waals surface area contributed by atoms with Crippen LogP contribution in [0.15, 0.2) is 42.2 Å². The lowest BCUT2D eigenvalue weighted by Crippen LogP contribution is -1.85. The van der Waals surface area contributed by atoms with Crippen LogP contribution in [0.2, 0.25) is 0 Å². The molecule has 1 aromatic rings. The van der Waals surface area contributed by atoms with Crippen molar-refractivity contribution in [2.75, 3.05) is 0 Å². The van der Waals surface area contributed by atoms with Gasteiger partial charge in [-0.05, 0) is 31.2 Å². The first-order valence-corrected chi connectivity index (χ1v) is 9.53. The van der Waals surface area contributed by atoms with Crippen molar-refractivity contribution < 1.29 is 14.4 Å². The Kier molecular flexibility index (Phi) is 9.32. The molecule has 0 amide bonds. The third-order valence-electron chi connectivity index (χ3n) is 3.48. The van der Waals surface area contributed by atoms with Gasteiger partial charge in [0.05, 0.1) is 0 Å². The lowest BCUT2D eigenvalue weighted by molar-refractivity contribution is 0.386. The van der Waals surface area contributed by atoms with Gasteiger partial charge in [0, 0.05) is 5.82 Å². The molecular weight excluding hydrogens is 283 g/mol. The Morgan fingerprint density at radius 3 is 2.05 bits per heavy atom. The number of allylic oxidation sites excluding steroid dienone is 1. The lowest BCUT2D eigenvalue weighted by atomic mass is 10.0. The van der Waals surface area contributed by atoms with E-state index in [0.717, 1.165) is 25.1 Å². The van der Waals surface area contributed by atoms with Gasteiger partial charge in [-0.25, -0.2) is 0 Å². The van der Waals surface area contributed by atoms with Crippen LogP contribution in [0.25, 0.3) is 0 Å². The zero-order valence-corrected chi connectivity index (χ0v) is 13.5. The van der Waals surface area contributed by atoms with E-state index in [-0.39, 0.29) is 0 Å². The summed E-state index contributed by atoms with van der Waals surface area (Å²) >= 11 is 0. The van der Waals surface area contributed by atoms with Crippen molar-refractivity contribution in [2.45, 2.75) is 57.8 Å². The highest BCUT2D eigenvalue weighted by Crippen LogP contribution is 2.36. The monoisotopic (exact) mass is 310 g/mol. The van der Waals surface area contributed by atoms with E-state index in [2.05, 4.69) is 30.3 Å². The molecule has 0 aliphatic carbocycles. The molecule has 0 bridgehead atoms. The molecule has 2 N–H and O–H groups in total. The largest absolute Gasteiger partial charge is 0.348 e. The molecule has 0 saturated carbocycles. The summed E-state index contributed by atoms with van der Waals surface area (Å²) in [4.78, 5) is 17.3. The number of hydrogen-bond acceptors (Lipinski definition) is 1. The molecule has 0 atom stereocenters. The van der Waals surface area contributed by atoms with E-state index in [4.69, 9.17) is 9.79 Å². The lowest BCUT2D eigenvalue weighted by Gasteiger charge is -2.02. The smallest absolute Gasteiger partial charge is 0.321 e. The Morgan fingerprint density at radius 1 is 0.857 bits per heavy atom. The fourth-order valence-electron chi connectivity index (χ4n) is 2.33. The molecule has 21 heavy (non-hydrogen) atoms. The molecule has 0 aromatic heterocycles. The summed E-state index contributed by atoms with van der Waals surface area (Å²) < 4.78 is 10.6. The Bertz CT molecular complexity index is 437. The molecule has 3 nitrogen and oxygen atoms in total. The van der Waals surface area contributed by atoms with Crippen molar-refractivity contribution in [2.24, 2.45) is 0 Å². The maximum atomic E-state index is 10.6. The van der Waals surface area contributed by atoms with Crippen LogP contribution >= 0.6 is 7.60 Å². The second kappa shape index (κ2) is 10.8. The summed E-state index contributed by atoms with van der Waals surface area (Å²) in [6.07, 6.45) is 12.0. The SMILES string of the molecule is O=P(O)(O)C=CCCCCCCCCCc1ccccc1. The van der Waals surface area contributed by atoms with E-state index < -0.39 is 7.60 Å². The van der Waals surface area contributed by atoms with Crippen LogP contribution in [0.5, 0.6) is 0 Å². The van der Waals surface area contributed by atoms with Gasteiger partial charge in [0.2, 0.25) is 0 Å². The summed E-state index contributed by atoms with van der Waals surface area (Å²) in [5.74, 6) is 1.01. The predicted octanol–water partition coefficient (Wildman–Crippen LogP) is 5.04. The Labute approximate surface area is 128 Å². The third-order valence-corrected chi connectivity index (χ3v) is 4.08. The molecule has 118 valence electrons. The minimum absolute atomic E-state index is 0.763. The molecule has 1 rings (SSSR count). The molecule has 0 aliphatic heterocycles. The van der Waals surface area contributed by atoms with Crippen LogP contribution < -0.4 is 0 Å². The maximum Gasteiger partial charge on any atom is 0.348 e. The van der Waals surface area contributed by atoms with E-state index >= 15 is 0 Å². The molecule has 0 spiro atoms. The minimum Gasteiger partial charge on any atom is -0.321 e. The van der Waals surface area contributed by atoms with Crippen LogP contribution in [0.3, 0.4) is 0 Å². The molecule has 4 heteroatoms. The number of unbranched alkanes of at least 4 members (excludes halogenated alkanes) is 7. The first-order valence-electron chi connectivity index (χ1n) is 7.85. The van der Waals surface area contributed by atoms with Crippen molar-refractivity contribution in [1.82, 2.24) is 0 Å². The van der Waals surface area contributed by atoms with Crippen LogP contribution in [0, 0.1) is 0 Å². The first-order chi connectivity index (χ1) is 10.1. The standard InChI is InChI=1S/C17H27O3P/c18-21(19,20)16-12-7-5-3-1-2-4-6-9-13-17-14-10-8-11-15-17/h8,10-12,14-16H,1-7,9,13H2,(H2,18,19,20). The van der Waals surface area contributed by atoms with E-state index in [9.17, 15) is 4.57 Å². The Balaban J connectivity index is 1.87. The van der Waals surface area contributed by atoms with Crippen LogP contribution in [-0.2, 0) is 11.0 Å². The minimum atomic E-state index is -3.95. The topological polar surface area (TPSA) is 57.5 Å². The van der Waals surface area contributed by atoms with Gasteiger partial charge < -0.3 is 9.79 Å². The fraction of sp³-hybridized carbons (Fsp3) is 0.529. The van der Waals surface area contributed by atoms with Crippen molar-refractivity contribution >= 4 is 7.60 Å². The third kappa shape index (κ3) is 11.4. The average Bonchev–Trinajstić information content (AvgIpc) is 2.44. The van der Waals surface area contributed by atoms with E-state index in [1.807, 2.05) is 0 Å². The second-order valence-corrected chi connectivity index (χ2v) is 6.95. The molecular formula is C17H27O3P. The Morgan fingerprint density at radius 2 is 1.43 bits per heavy atom. The molecule has 0 fully saturated rings. The van der Waals surface area contributed by atoms with Crippen molar-refractivity contribution in [3.63, 3.8) is 0 Å². The molecule has 0 radical (unpaired) electrons. The summed E-state index contributed by atoms with van der Waals surface area (Å²) in [6, 6.07) is 10.6. The zero-order valence-electron chi connectivity index (χ0n) is 12.7. The molecule has 0 aliphatic rings. The van der Waals surface area contributed by atoms with Gasteiger partial charge in [0.25, 0.3) is 0 Å². The summed E-state index contributed by atoms with van der Waals surface area (Å²) in [5.41, 5.74) is 1.43. The van der Waals surface area contributed by atoms with Gasteiger partial charge >= 0.3 is 7.60 Å². The van der Waals surface area contributed by atoms with Crippen LogP contribution in [0.4, 0.5) is 0 Å². The highest BCUT2D eigenvalue weighted by molar-refractivity contribution is 7.55. The van der Waals surface area contributed by atoms with Gasteiger partial charge in [-0.2, -0.15) is 0 Å². The van der Waals surface area contributed by atoms with Crippen molar-refractivity contribution in [1.29, 1.82) is 0 Å². The Hall–Kier alpha value is -0.890. The second-order valence-electron chi connectivity index (χ2n) is 5.47. The highest BCUT2D eigenvalue weighted by Gasteiger charge is 2.04. The van der Waals surface area contributed by atoms with Crippen molar-refractivity contribution in [3.8, 4) is 0 Å². The van der Waals surface area contributed by atoms with Gasteiger partial charge in [0.15, 0.2) is 0 Å². The molecule has 1 aromatic carbocycles. The summed E-state index contributed by atoms with van der Waals surface area (Å²) in [6.45, 7) is 0. The number of rotatable bonds is 11. The average molecular weight is 310 g/mol. The number of aryl methyl sites for hydroxylation is 1. The van der Waals surface area contributed by atoms with Gasteiger partial charge in [-0.15, -0.1) is 0 Å². The molecule has 0 unspecified atom stereocenters. The predicted molar refractivity (Wildman–Crippen MR) is 88.3 cm³/mol. The van der Waals surface area contributed by atoms with Crippen LogP contribution in [0.1, 0.15) is 56.9 Å². The summed E-state index contributed by atoms with van der Waals surface area (Å²) in [7, 11) is -3.95. The fourth-order valence-corrected chi connectivity index (χ4v) is 2.76. The van der Waals surface area contributed by atoms with Gasteiger partial charge in [-0.3, -0.25) is 4.57 Å². The van der Waals surface area contributed by atoms with Crippen molar-refractivity contribution in [3.05, 3.63) is 47.8 Å². The molecule has 0 heterocycles. The zero-order chi connectivity index (χ0) is 15.4. The van der Waals surface area contributed by atoms with E-state index in [1.54, 1.807) is 6.08 Å². The van der Waals surface area contributed by atoms with E-state index in [1.165, 1.54) is 44.1 Å². The molecule has 0 saturated heterocycles. The first kappa shape index (κ1) is 18.2. The number of hydrogen-bond donors (Lipinski definition) is 2. The quantitative estimate of drug-likeness (QED) is 0.444. The summed E-state index contributed by atoms with van der Waals surface area (Å²) in [5, 5.41) is 0. The van der Waals surface area contributed by atoms with Gasteiger partial charge in [-0.1, -0.05) is 68.5 Å².